The van der Waals surface area contributed by atoms with Gasteiger partial charge in [-0.2, -0.15) is 0 Å². The van der Waals surface area contributed by atoms with Crippen LogP contribution in [0.1, 0.15) is 15.9 Å². The van der Waals surface area contributed by atoms with E-state index in [9.17, 15) is 9.59 Å². The minimum atomic E-state index is -0.0853. The van der Waals surface area contributed by atoms with Crippen LogP contribution in [0.2, 0.25) is 0 Å². The summed E-state index contributed by atoms with van der Waals surface area (Å²) in [5.74, 6) is 0.253. The van der Waals surface area contributed by atoms with Crippen LogP contribution in [0.3, 0.4) is 0 Å². The molecule has 0 fully saturated rings. The van der Waals surface area contributed by atoms with Gasteiger partial charge in [-0.15, -0.1) is 0 Å². The van der Waals surface area contributed by atoms with E-state index in [1.807, 2.05) is 55.5 Å². The quantitative estimate of drug-likeness (QED) is 0.230. The van der Waals surface area contributed by atoms with Crippen LogP contribution in [-0.4, -0.2) is 21.1 Å². The van der Waals surface area contributed by atoms with Crippen LogP contribution in [0.25, 0.3) is 21.7 Å². The van der Waals surface area contributed by atoms with Gasteiger partial charge in [0.2, 0.25) is 0 Å². The van der Waals surface area contributed by atoms with Gasteiger partial charge in [-0.25, -0.2) is 4.98 Å². The number of nitrogens with zero attached hydrogens (tertiary/aromatic N) is 2. The summed E-state index contributed by atoms with van der Waals surface area (Å²) in [4.78, 5) is 30.1. The highest BCUT2D eigenvalue weighted by molar-refractivity contribution is 7.99. The van der Waals surface area contributed by atoms with Crippen molar-refractivity contribution in [3.8, 4) is 0 Å². The number of aryl methyl sites for hydroxylation is 1. The third kappa shape index (κ3) is 3.15. The van der Waals surface area contributed by atoms with E-state index in [1.54, 1.807) is 19.2 Å². The van der Waals surface area contributed by atoms with Gasteiger partial charge in [0.05, 0.1) is 16.7 Å². The zero-order valence-electron chi connectivity index (χ0n) is 15.1. The molecule has 0 aliphatic rings. The number of ketones is 1. The van der Waals surface area contributed by atoms with Crippen LogP contribution in [-0.2, 0) is 7.05 Å². The van der Waals surface area contributed by atoms with E-state index in [2.05, 4.69) is 0 Å². The van der Waals surface area contributed by atoms with Crippen LogP contribution >= 0.6 is 11.8 Å². The molecule has 134 valence electrons. The molecule has 0 radical (unpaired) electrons. The Morgan fingerprint density at radius 1 is 1.07 bits per heavy atom. The van der Waals surface area contributed by atoms with Crippen molar-refractivity contribution >= 4 is 39.2 Å². The first-order valence-electron chi connectivity index (χ1n) is 8.66. The van der Waals surface area contributed by atoms with E-state index in [0.717, 1.165) is 16.3 Å². The second-order valence-electron chi connectivity index (χ2n) is 6.47. The van der Waals surface area contributed by atoms with Crippen molar-refractivity contribution < 1.29 is 4.79 Å². The second kappa shape index (κ2) is 7.00. The fraction of sp³-hybridized carbons (Fsp3) is 0.136. The smallest absolute Gasteiger partial charge is 0.262 e. The largest absolute Gasteiger partial charge is 0.293 e. The zero-order valence-corrected chi connectivity index (χ0v) is 15.9. The molecule has 0 atom stereocenters. The van der Waals surface area contributed by atoms with Gasteiger partial charge in [0.25, 0.3) is 5.56 Å². The Morgan fingerprint density at radius 2 is 1.78 bits per heavy atom. The van der Waals surface area contributed by atoms with E-state index in [4.69, 9.17) is 4.98 Å². The molecule has 0 saturated heterocycles. The molecular weight excluding hydrogens is 356 g/mol. The molecule has 0 unspecified atom stereocenters. The molecule has 0 aliphatic carbocycles. The average Bonchev–Trinajstić information content (AvgIpc) is 2.69. The SMILES string of the molecule is Cc1cc2ccccc2c2nc(SCC(=O)c3ccccc3)n(C)c(=O)c12. The Labute approximate surface area is 160 Å². The number of carbonyl (C=O) groups is 1. The van der Waals surface area contributed by atoms with Gasteiger partial charge in [-0.1, -0.05) is 72.4 Å². The van der Waals surface area contributed by atoms with Gasteiger partial charge >= 0.3 is 0 Å². The molecule has 0 spiro atoms. The minimum Gasteiger partial charge on any atom is -0.293 e. The highest BCUT2D eigenvalue weighted by Crippen LogP contribution is 2.27. The van der Waals surface area contributed by atoms with Gasteiger partial charge in [-0.3, -0.25) is 14.2 Å². The highest BCUT2D eigenvalue weighted by Gasteiger charge is 2.15. The van der Waals surface area contributed by atoms with Crippen molar-refractivity contribution in [3.05, 3.63) is 82.1 Å². The predicted octanol–water partition coefficient (Wildman–Crippen LogP) is 4.37. The number of fused-ring (bicyclic) bond motifs is 3. The van der Waals surface area contributed by atoms with E-state index < -0.39 is 0 Å². The second-order valence-corrected chi connectivity index (χ2v) is 7.42. The number of benzene rings is 3. The van der Waals surface area contributed by atoms with Crippen molar-refractivity contribution in [2.45, 2.75) is 12.1 Å². The van der Waals surface area contributed by atoms with Gasteiger partial charge in [0, 0.05) is 18.0 Å². The Balaban J connectivity index is 1.79. The number of thioether (sulfide) groups is 1. The Kier molecular flexibility index (Phi) is 4.54. The van der Waals surface area contributed by atoms with Crippen molar-refractivity contribution in [1.82, 2.24) is 9.55 Å². The molecule has 4 nitrogen and oxygen atoms in total. The summed E-state index contributed by atoms with van der Waals surface area (Å²) in [7, 11) is 1.71. The fourth-order valence-electron chi connectivity index (χ4n) is 3.24. The standard InChI is InChI=1S/C22H18N2O2S/c1-14-12-16-10-6-7-11-17(16)20-19(14)21(26)24(2)22(23-20)27-13-18(25)15-8-4-3-5-9-15/h3-12H,13H2,1-2H3. The zero-order chi connectivity index (χ0) is 19.0. The maximum Gasteiger partial charge on any atom is 0.262 e. The van der Waals surface area contributed by atoms with Gasteiger partial charge in [-0.05, 0) is 17.9 Å². The fourth-order valence-corrected chi connectivity index (χ4v) is 4.10. The third-order valence-electron chi connectivity index (χ3n) is 4.66. The number of Topliss-reactive ketones (excluding diaryl/α,β-unsaturated/α-hetero) is 1. The third-order valence-corrected chi connectivity index (χ3v) is 5.69. The number of hydrogen-bond donors (Lipinski definition) is 0. The summed E-state index contributed by atoms with van der Waals surface area (Å²) in [5, 5.41) is 3.19. The topological polar surface area (TPSA) is 52.0 Å². The summed E-state index contributed by atoms with van der Waals surface area (Å²) < 4.78 is 1.53. The molecule has 0 N–H and O–H groups in total. The molecule has 27 heavy (non-hydrogen) atoms. The summed E-state index contributed by atoms with van der Waals surface area (Å²) >= 11 is 1.30. The van der Waals surface area contributed by atoms with Crippen LogP contribution in [0, 0.1) is 6.92 Å². The molecule has 0 aliphatic heterocycles. The lowest BCUT2D eigenvalue weighted by Crippen LogP contribution is -2.21. The summed E-state index contributed by atoms with van der Waals surface area (Å²) in [6, 6.07) is 19.1. The van der Waals surface area contributed by atoms with E-state index in [1.165, 1.54) is 16.3 Å². The first-order chi connectivity index (χ1) is 13.1. The molecule has 1 heterocycles. The molecule has 0 amide bonds. The number of aromatic nitrogens is 2. The van der Waals surface area contributed by atoms with Crippen molar-refractivity contribution in [3.63, 3.8) is 0 Å². The summed E-state index contributed by atoms with van der Waals surface area (Å²) in [5.41, 5.74) is 2.19. The Hall–Kier alpha value is -2.92. The van der Waals surface area contributed by atoms with Crippen LogP contribution in [0.5, 0.6) is 0 Å². The van der Waals surface area contributed by atoms with Crippen LogP contribution < -0.4 is 5.56 Å². The molecule has 0 saturated carbocycles. The van der Waals surface area contributed by atoms with E-state index in [-0.39, 0.29) is 17.1 Å². The molecule has 4 rings (SSSR count). The first-order valence-corrected chi connectivity index (χ1v) is 9.65. The number of hydrogen-bond acceptors (Lipinski definition) is 4. The summed E-state index contributed by atoms with van der Waals surface area (Å²) in [6.07, 6.45) is 0. The number of carbonyl (C=O) groups excluding carboxylic acids is 1. The lowest BCUT2D eigenvalue weighted by atomic mass is 10.0. The van der Waals surface area contributed by atoms with Crippen molar-refractivity contribution in [2.24, 2.45) is 7.05 Å². The first kappa shape index (κ1) is 17.5. The van der Waals surface area contributed by atoms with Crippen molar-refractivity contribution in [2.75, 3.05) is 5.75 Å². The predicted molar refractivity (Wildman–Crippen MR) is 111 cm³/mol. The van der Waals surface area contributed by atoms with Gasteiger partial charge in [0.15, 0.2) is 10.9 Å². The van der Waals surface area contributed by atoms with E-state index in [0.29, 0.717) is 21.6 Å². The highest BCUT2D eigenvalue weighted by atomic mass is 32.2. The van der Waals surface area contributed by atoms with E-state index >= 15 is 0 Å². The monoisotopic (exact) mass is 374 g/mol. The van der Waals surface area contributed by atoms with Gasteiger partial charge < -0.3 is 0 Å². The lowest BCUT2D eigenvalue weighted by Gasteiger charge is -2.12. The summed E-state index contributed by atoms with van der Waals surface area (Å²) in [6.45, 7) is 1.93. The van der Waals surface area contributed by atoms with Crippen LogP contribution in [0.15, 0.2) is 70.6 Å². The normalized spacial score (nSPS) is 11.2. The molecule has 4 aromatic rings. The lowest BCUT2D eigenvalue weighted by molar-refractivity contribution is 0.102. The molecule has 0 bridgehead atoms. The Bertz CT molecular complexity index is 1230. The molecule has 3 aromatic carbocycles. The molecule has 5 heteroatoms. The maximum absolute atomic E-state index is 13.0. The molecule has 1 aromatic heterocycles. The Morgan fingerprint density at radius 3 is 2.56 bits per heavy atom. The average molecular weight is 374 g/mol. The number of rotatable bonds is 4. The maximum atomic E-state index is 13.0. The van der Waals surface area contributed by atoms with Crippen molar-refractivity contribution in [1.29, 1.82) is 0 Å². The van der Waals surface area contributed by atoms with Gasteiger partial charge in [0.1, 0.15) is 0 Å². The minimum absolute atomic E-state index is 0.0176. The molecular formula is C22H18N2O2S. The van der Waals surface area contributed by atoms with Crippen LogP contribution in [0.4, 0.5) is 0 Å².